The lowest BCUT2D eigenvalue weighted by molar-refractivity contribution is -0.143. The number of aliphatic hydroxyl groups excluding tert-OH is 1. The van der Waals surface area contributed by atoms with Gasteiger partial charge < -0.3 is 10.4 Å². The van der Waals surface area contributed by atoms with Gasteiger partial charge in [0.1, 0.15) is 6.54 Å². The minimum absolute atomic E-state index is 0.0442. The summed E-state index contributed by atoms with van der Waals surface area (Å²) in [4.78, 5) is 12.2. The van der Waals surface area contributed by atoms with Crippen molar-refractivity contribution in [3.63, 3.8) is 0 Å². The lowest BCUT2D eigenvalue weighted by Gasteiger charge is -2.17. The van der Waals surface area contributed by atoms with Crippen LogP contribution in [0.25, 0.3) is 0 Å². The van der Waals surface area contributed by atoms with Gasteiger partial charge in [-0.3, -0.25) is 9.48 Å². The number of carbonyl (C=O) groups excluding carboxylic acids is 1. The van der Waals surface area contributed by atoms with E-state index < -0.39 is 18.6 Å². The number of halogens is 3. The number of aryl methyl sites for hydroxylation is 1. The molecule has 8 heteroatoms. The first kappa shape index (κ1) is 18.5. The zero-order chi connectivity index (χ0) is 17.1. The molecule has 126 valence electrons. The number of aromatic nitrogens is 2. The molecular weight excluding hydrogens is 299 g/mol. The fourth-order valence-corrected chi connectivity index (χ4v) is 2.43. The van der Waals surface area contributed by atoms with E-state index in [0.717, 1.165) is 4.68 Å². The van der Waals surface area contributed by atoms with Crippen LogP contribution in [-0.2, 0) is 11.3 Å². The van der Waals surface area contributed by atoms with Crippen LogP contribution < -0.4 is 5.32 Å². The summed E-state index contributed by atoms with van der Waals surface area (Å²) in [5.74, 6) is -0.901. The summed E-state index contributed by atoms with van der Waals surface area (Å²) in [6.07, 6.45) is -3.94. The van der Waals surface area contributed by atoms with Gasteiger partial charge in [-0.1, -0.05) is 0 Å². The number of aliphatic hydroxyl groups is 1. The van der Waals surface area contributed by atoms with Crippen molar-refractivity contribution >= 4 is 5.91 Å². The number of amides is 1. The predicted molar refractivity (Wildman–Crippen MR) is 75.5 cm³/mol. The molecule has 1 aromatic heterocycles. The summed E-state index contributed by atoms with van der Waals surface area (Å²) in [5.41, 5.74) is 1.27. The van der Waals surface area contributed by atoms with Gasteiger partial charge in [-0.05, 0) is 34.1 Å². The average molecular weight is 321 g/mol. The van der Waals surface area contributed by atoms with Gasteiger partial charge in [0.15, 0.2) is 0 Å². The zero-order valence-electron chi connectivity index (χ0n) is 13.2. The van der Waals surface area contributed by atoms with E-state index in [1.54, 1.807) is 20.8 Å². The summed E-state index contributed by atoms with van der Waals surface area (Å²) < 4.78 is 38.4. The summed E-state index contributed by atoms with van der Waals surface area (Å²) in [6.45, 7) is 5.30. The Balaban J connectivity index is 2.94. The highest BCUT2D eigenvalue weighted by molar-refractivity contribution is 5.84. The molecule has 1 aromatic rings. The van der Waals surface area contributed by atoms with E-state index in [9.17, 15) is 18.0 Å². The maximum atomic E-state index is 12.5. The molecule has 1 heterocycles. The molecule has 1 amide bonds. The van der Waals surface area contributed by atoms with Crippen LogP contribution in [0.15, 0.2) is 0 Å². The molecule has 0 spiro atoms. The number of hydrogen-bond acceptors (Lipinski definition) is 3. The Morgan fingerprint density at radius 1 is 1.36 bits per heavy atom. The Bertz CT molecular complexity index is 526. The molecule has 0 aliphatic heterocycles. The van der Waals surface area contributed by atoms with Crippen molar-refractivity contribution in [2.24, 2.45) is 0 Å². The maximum absolute atomic E-state index is 12.5. The highest BCUT2D eigenvalue weighted by Gasteiger charge is 2.31. The van der Waals surface area contributed by atoms with Crippen molar-refractivity contribution in [2.75, 3.05) is 6.61 Å². The second-order valence-corrected chi connectivity index (χ2v) is 5.50. The van der Waals surface area contributed by atoms with E-state index in [1.807, 2.05) is 0 Å². The van der Waals surface area contributed by atoms with Gasteiger partial charge in [-0.15, -0.1) is 0 Å². The van der Waals surface area contributed by atoms with Gasteiger partial charge in [0, 0.05) is 23.9 Å². The molecule has 0 aromatic carbocycles. The van der Waals surface area contributed by atoms with Crippen LogP contribution in [0.4, 0.5) is 13.2 Å². The van der Waals surface area contributed by atoms with E-state index >= 15 is 0 Å². The van der Waals surface area contributed by atoms with Gasteiger partial charge in [-0.25, -0.2) is 0 Å². The van der Waals surface area contributed by atoms with Crippen LogP contribution in [0.5, 0.6) is 0 Å². The average Bonchev–Trinajstić information content (AvgIpc) is 2.61. The fraction of sp³-hybridized carbons (Fsp3) is 0.714. The molecule has 2 atom stereocenters. The standard InChI is InChI=1S/C14H22F3N3O2/c1-8(5-6-21)18-13(22)9(2)12-10(3)19-20(11(12)4)7-14(15,16)17/h8-9,21H,5-7H2,1-4H3,(H,18,22). The van der Waals surface area contributed by atoms with Crippen LogP contribution in [-0.4, -0.2) is 39.6 Å². The van der Waals surface area contributed by atoms with E-state index in [-0.39, 0.29) is 18.6 Å². The van der Waals surface area contributed by atoms with Crippen LogP contribution in [0.3, 0.4) is 0 Å². The predicted octanol–water partition coefficient (Wildman–Crippen LogP) is 2.05. The van der Waals surface area contributed by atoms with Crippen LogP contribution in [0.2, 0.25) is 0 Å². The Kier molecular flexibility index (Phi) is 5.99. The molecule has 0 saturated carbocycles. The molecule has 2 unspecified atom stereocenters. The van der Waals surface area contributed by atoms with Gasteiger partial charge in [0.2, 0.25) is 5.91 Å². The molecule has 1 rings (SSSR count). The minimum atomic E-state index is -4.36. The van der Waals surface area contributed by atoms with E-state index in [2.05, 4.69) is 10.4 Å². The largest absolute Gasteiger partial charge is 0.408 e. The van der Waals surface area contributed by atoms with Crippen molar-refractivity contribution in [2.45, 2.75) is 58.8 Å². The Hall–Kier alpha value is -1.57. The normalized spacial score (nSPS) is 14.7. The van der Waals surface area contributed by atoms with Gasteiger partial charge in [0.05, 0.1) is 11.6 Å². The van der Waals surface area contributed by atoms with E-state index in [0.29, 0.717) is 23.4 Å². The first-order valence-corrected chi connectivity index (χ1v) is 7.08. The van der Waals surface area contributed by atoms with Crippen molar-refractivity contribution in [3.8, 4) is 0 Å². The smallest absolute Gasteiger partial charge is 0.396 e. The SMILES string of the molecule is Cc1nn(CC(F)(F)F)c(C)c1C(C)C(=O)NC(C)CCO. The molecule has 22 heavy (non-hydrogen) atoms. The first-order chi connectivity index (χ1) is 10.1. The third-order valence-corrected chi connectivity index (χ3v) is 3.54. The van der Waals surface area contributed by atoms with Crippen molar-refractivity contribution in [3.05, 3.63) is 17.0 Å². The zero-order valence-corrected chi connectivity index (χ0v) is 13.2. The third-order valence-electron chi connectivity index (χ3n) is 3.54. The number of nitrogens with one attached hydrogen (secondary N) is 1. The minimum Gasteiger partial charge on any atom is -0.396 e. The van der Waals surface area contributed by atoms with Gasteiger partial charge >= 0.3 is 6.18 Å². The summed E-state index contributed by atoms with van der Waals surface area (Å²) in [7, 11) is 0. The lowest BCUT2D eigenvalue weighted by Crippen LogP contribution is -2.36. The van der Waals surface area contributed by atoms with Crippen LogP contribution >= 0.6 is 0 Å². The summed E-state index contributed by atoms with van der Waals surface area (Å²) in [6, 6.07) is -0.203. The molecular formula is C14H22F3N3O2. The second kappa shape index (κ2) is 7.13. The highest BCUT2D eigenvalue weighted by Crippen LogP contribution is 2.26. The first-order valence-electron chi connectivity index (χ1n) is 7.08. The molecule has 0 aliphatic carbocycles. The number of alkyl halides is 3. The number of hydrogen-bond donors (Lipinski definition) is 2. The fourth-order valence-electron chi connectivity index (χ4n) is 2.43. The van der Waals surface area contributed by atoms with Gasteiger partial charge in [-0.2, -0.15) is 18.3 Å². The summed E-state index contributed by atoms with van der Waals surface area (Å²) in [5, 5.41) is 15.5. The molecule has 2 N–H and O–H groups in total. The number of rotatable bonds is 6. The summed E-state index contributed by atoms with van der Waals surface area (Å²) >= 11 is 0. The van der Waals surface area contributed by atoms with Crippen LogP contribution in [0.1, 0.15) is 43.1 Å². The molecule has 5 nitrogen and oxygen atoms in total. The Morgan fingerprint density at radius 3 is 2.45 bits per heavy atom. The maximum Gasteiger partial charge on any atom is 0.408 e. The molecule has 0 saturated heterocycles. The van der Waals surface area contributed by atoms with E-state index in [4.69, 9.17) is 5.11 Å². The Labute approximate surface area is 127 Å². The highest BCUT2D eigenvalue weighted by atomic mass is 19.4. The number of carbonyl (C=O) groups is 1. The van der Waals surface area contributed by atoms with Crippen LogP contribution in [0, 0.1) is 13.8 Å². The molecule has 0 fully saturated rings. The quantitative estimate of drug-likeness (QED) is 0.843. The van der Waals surface area contributed by atoms with E-state index in [1.165, 1.54) is 6.92 Å². The van der Waals surface area contributed by atoms with Crippen molar-refractivity contribution in [1.82, 2.24) is 15.1 Å². The lowest BCUT2D eigenvalue weighted by atomic mass is 9.98. The van der Waals surface area contributed by atoms with Gasteiger partial charge in [0.25, 0.3) is 0 Å². The monoisotopic (exact) mass is 321 g/mol. The third kappa shape index (κ3) is 4.72. The van der Waals surface area contributed by atoms with Crippen molar-refractivity contribution in [1.29, 1.82) is 0 Å². The molecule has 0 bridgehead atoms. The second-order valence-electron chi connectivity index (χ2n) is 5.50. The number of nitrogens with zero attached hydrogens (tertiary/aromatic N) is 2. The van der Waals surface area contributed by atoms with Crippen molar-refractivity contribution < 1.29 is 23.1 Å². The topological polar surface area (TPSA) is 67.2 Å². The molecule has 0 aliphatic rings. The Morgan fingerprint density at radius 2 is 1.95 bits per heavy atom. The molecule has 0 radical (unpaired) electrons.